The van der Waals surface area contributed by atoms with Gasteiger partial charge in [-0.1, -0.05) is 19.4 Å². The monoisotopic (exact) mass is 360 g/mol. The van der Waals surface area contributed by atoms with Crippen LogP contribution < -0.4 is 14.8 Å². The zero-order valence-corrected chi connectivity index (χ0v) is 15.8. The topological polar surface area (TPSA) is 80.6 Å². The highest BCUT2D eigenvalue weighted by Crippen LogP contribution is 2.29. The Morgan fingerprint density at radius 3 is 2.65 bits per heavy atom. The summed E-state index contributed by atoms with van der Waals surface area (Å²) in [6.45, 7) is 6.14. The number of amides is 1. The van der Waals surface area contributed by atoms with Crippen molar-refractivity contribution in [1.29, 1.82) is 5.26 Å². The Balaban J connectivity index is 2.87. The summed E-state index contributed by atoms with van der Waals surface area (Å²) in [5, 5.41) is 12.0. The molecule has 6 nitrogen and oxygen atoms in total. The van der Waals surface area contributed by atoms with E-state index in [4.69, 9.17) is 14.2 Å². The number of carbonyl (C=O) groups excluding carboxylic acids is 1. The first-order valence-electron chi connectivity index (χ1n) is 8.94. The van der Waals surface area contributed by atoms with E-state index in [1.165, 1.54) is 0 Å². The van der Waals surface area contributed by atoms with Crippen molar-refractivity contribution in [2.75, 3.05) is 33.5 Å². The van der Waals surface area contributed by atoms with E-state index in [1.54, 1.807) is 31.4 Å². The van der Waals surface area contributed by atoms with E-state index in [1.807, 2.05) is 13.0 Å². The first kappa shape index (κ1) is 21.5. The number of nitrogens with zero attached hydrogens (tertiary/aromatic N) is 1. The smallest absolute Gasteiger partial charge is 0.261 e. The number of carbonyl (C=O) groups is 1. The van der Waals surface area contributed by atoms with Crippen LogP contribution >= 0.6 is 0 Å². The SMILES string of the molecule is CCCCOc1ccc(/C=C(\C#N)C(=O)NCCCOC)cc1OCC. The molecule has 0 aliphatic carbocycles. The number of hydrogen-bond donors (Lipinski definition) is 1. The van der Waals surface area contributed by atoms with Crippen molar-refractivity contribution in [2.24, 2.45) is 0 Å². The molecule has 0 saturated heterocycles. The Labute approximate surface area is 155 Å². The Hall–Kier alpha value is -2.52. The van der Waals surface area contributed by atoms with E-state index in [0.717, 1.165) is 12.8 Å². The molecular weight excluding hydrogens is 332 g/mol. The van der Waals surface area contributed by atoms with Gasteiger partial charge in [0.2, 0.25) is 0 Å². The molecule has 0 radical (unpaired) electrons. The maximum atomic E-state index is 12.1. The number of ether oxygens (including phenoxy) is 3. The lowest BCUT2D eigenvalue weighted by Crippen LogP contribution is -2.26. The predicted octanol–water partition coefficient (Wildman–Crippen LogP) is 3.32. The van der Waals surface area contributed by atoms with Crippen molar-refractivity contribution in [2.45, 2.75) is 33.1 Å². The van der Waals surface area contributed by atoms with Crippen molar-refractivity contribution in [1.82, 2.24) is 5.32 Å². The molecule has 0 aliphatic rings. The molecule has 1 N–H and O–H groups in total. The van der Waals surface area contributed by atoms with Gasteiger partial charge in [-0.2, -0.15) is 5.26 Å². The lowest BCUT2D eigenvalue weighted by Gasteiger charge is -2.12. The van der Waals surface area contributed by atoms with Crippen LogP contribution in [0.5, 0.6) is 11.5 Å². The van der Waals surface area contributed by atoms with Crippen molar-refractivity contribution >= 4 is 12.0 Å². The molecule has 0 heterocycles. The van der Waals surface area contributed by atoms with E-state index in [-0.39, 0.29) is 5.57 Å². The van der Waals surface area contributed by atoms with Gasteiger partial charge in [0.1, 0.15) is 11.6 Å². The highest BCUT2D eigenvalue weighted by molar-refractivity contribution is 6.01. The van der Waals surface area contributed by atoms with Crippen LogP contribution in [-0.4, -0.2) is 39.4 Å². The van der Waals surface area contributed by atoms with Crippen LogP contribution in [0.25, 0.3) is 6.08 Å². The van der Waals surface area contributed by atoms with Gasteiger partial charge in [0.25, 0.3) is 5.91 Å². The summed E-state index contributed by atoms with van der Waals surface area (Å²) in [5.41, 5.74) is 0.754. The zero-order valence-electron chi connectivity index (χ0n) is 15.8. The summed E-state index contributed by atoms with van der Waals surface area (Å²) in [4.78, 5) is 12.1. The maximum absolute atomic E-state index is 12.1. The summed E-state index contributed by atoms with van der Waals surface area (Å²) >= 11 is 0. The number of unbranched alkanes of at least 4 members (excludes halogenated alkanes) is 1. The van der Waals surface area contributed by atoms with E-state index < -0.39 is 5.91 Å². The van der Waals surface area contributed by atoms with E-state index in [0.29, 0.717) is 49.8 Å². The molecule has 1 rings (SSSR count). The van der Waals surface area contributed by atoms with Gasteiger partial charge in [-0.3, -0.25) is 4.79 Å². The van der Waals surface area contributed by atoms with Gasteiger partial charge < -0.3 is 19.5 Å². The van der Waals surface area contributed by atoms with Crippen LogP contribution in [0.15, 0.2) is 23.8 Å². The summed E-state index contributed by atoms with van der Waals surface area (Å²) < 4.78 is 16.3. The summed E-state index contributed by atoms with van der Waals surface area (Å²) in [7, 11) is 1.61. The molecule has 0 bridgehead atoms. The minimum absolute atomic E-state index is 0.0458. The minimum Gasteiger partial charge on any atom is -0.490 e. The number of nitrogens with one attached hydrogen (secondary N) is 1. The zero-order chi connectivity index (χ0) is 19.2. The van der Waals surface area contributed by atoms with E-state index in [9.17, 15) is 10.1 Å². The maximum Gasteiger partial charge on any atom is 0.261 e. The van der Waals surface area contributed by atoms with Gasteiger partial charge in [0.15, 0.2) is 11.5 Å². The first-order chi connectivity index (χ1) is 12.7. The molecule has 1 amide bonds. The molecule has 142 valence electrons. The summed E-state index contributed by atoms with van der Waals surface area (Å²) in [6.07, 6.45) is 4.26. The van der Waals surface area contributed by atoms with Crippen LogP contribution in [0.3, 0.4) is 0 Å². The van der Waals surface area contributed by atoms with Crippen LogP contribution in [0, 0.1) is 11.3 Å². The second-order valence-electron chi connectivity index (χ2n) is 5.61. The highest BCUT2D eigenvalue weighted by Gasteiger charge is 2.10. The lowest BCUT2D eigenvalue weighted by atomic mass is 10.1. The Morgan fingerprint density at radius 1 is 1.19 bits per heavy atom. The fourth-order valence-electron chi connectivity index (χ4n) is 2.16. The average Bonchev–Trinajstić information content (AvgIpc) is 2.65. The second kappa shape index (κ2) is 12.8. The number of benzene rings is 1. The molecular formula is C20H28N2O4. The van der Waals surface area contributed by atoms with Gasteiger partial charge >= 0.3 is 0 Å². The van der Waals surface area contributed by atoms with Crippen molar-refractivity contribution < 1.29 is 19.0 Å². The van der Waals surface area contributed by atoms with Crippen LogP contribution in [0.4, 0.5) is 0 Å². The highest BCUT2D eigenvalue weighted by atomic mass is 16.5. The molecule has 1 aromatic rings. The molecule has 0 aliphatic heterocycles. The standard InChI is InChI=1S/C20H28N2O4/c1-4-6-12-26-18-9-8-16(14-19(18)25-5-2)13-17(15-21)20(23)22-10-7-11-24-3/h8-9,13-14H,4-7,10-12H2,1-3H3,(H,22,23)/b17-13+. The van der Waals surface area contributed by atoms with Crippen molar-refractivity contribution in [3.05, 3.63) is 29.3 Å². The summed E-state index contributed by atoms with van der Waals surface area (Å²) in [6, 6.07) is 7.33. The molecule has 0 saturated carbocycles. The van der Waals surface area contributed by atoms with Gasteiger partial charge in [-0.05, 0) is 43.5 Å². The molecule has 0 spiro atoms. The Bertz CT molecular complexity index is 635. The van der Waals surface area contributed by atoms with Crippen LogP contribution in [0.1, 0.15) is 38.7 Å². The number of nitriles is 1. The van der Waals surface area contributed by atoms with Gasteiger partial charge in [0, 0.05) is 20.3 Å². The number of hydrogen-bond acceptors (Lipinski definition) is 5. The Kier molecular flexibility index (Phi) is 10.6. The van der Waals surface area contributed by atoms with E-state index in [2.05, 4.69) is 12.2 Å². The molecule has 6 heteroatoms. The summed E-state index contributed by atoms with van der Waals surface area (Å²) in [5.74, 6) is 0.875. The largest absolute Gasteiger partial charge is 0.490 e. The lowest BCUT2D eigenvalue weighted by molar-refractivity contribution is -0.117. The number of rotatable bonds is 12. The molecule has 0 atom stereocenters. The average molecular weight is 360 g/mol. The molecule has 26 heavy (non-hydrogen) atoms. The van der Waals surface area contributed by atoms with Gasteiger partial charge in [-0.15, -0.1) is 0 Å². The van der Waals surface area contributed by atoms with Crippen LogP contribution in [-0.2, 0) is 9.53 Å². The third kappa shape index (κ3) is 7.58. The third-order valence-corrected chi connectivity index (χ3v) is 3.51. The first-order valence-corrected chi connectivity index (χ1v) is 8.94. The third-order valence-electron chi connectivity index (χ3n) is 3.51. The van der Waals surface area contributed by atoms with E-state index >= 15 is 0 Å². The minimum atomic E-state index is -0.398. The van der Waals surface area contributed by atoms with Gasteiger partial charge in [0.05, 0.1) is 13.2 Å². The van der Waals surface area contributed by atoms with Crippen molar-refractivity contribution in [3.63, 3.8) is 0 Å². The Morgan fingerprint density at radius 2 is 2.00 bits per heavy atom. The van der Waals surface area contributed by atoms with Gasteiger partial charge in [-0.25, -0.2) is 0 Å². The molecule has 0 fully saturated rings. The molecule has 1 aromatic carbocycles. The fourth-order valence-corrected chi connectivity index (χ4v) is 2.16. The fraction of sp³-hybridized carbons (Fsp3) is 0.500. The number of methoxy groups -OCH3 is 1. The quantitative estimate of drug-likeness (QED) is 0.351. The van der Waals surface area contributed by atoms with Crippen molar-refractivity contribution in [3.8, 4) is 17.6 Å². The molecule has 0 unspecified atom stereocenters. The molecule has 0 aromatic heterocycles. The predicted molar refractivity (Wildman–Crippen MR) is 101 cm³/mol. The van der Waals surface area contributed by atoms with Crippen LogP contribution in [0.2, 0.25) is 0 Å². The second-order valence-corrected chi connectivity index (χ2v) is 5.61. The normalized spacial score (nSPS) is 10.9.